The van der Waals surface area contributed by atoms with E-state index >= 15 is 0 Å². The van der Waals surface area contributed by atoms with Gasteiger partial charge < -0.3 is 0 Å². The van der Waals surface area contributed by atoms with Crippen molar-refractivity contribution in [3.05, 3.63) is 37.0 Å². The van der Waals surface area contributed by atoms with E-state index in [-0.39, 0.29) is 0 Å². The van der Waals surface area contributed by atoms with Gasteiger partial charge in [-0.2, -0.15) is 0 Å². The Morgan fingerprint density at radius 1 is 0.667 bits per heavy atom. The van der Waals surface area contributed by atoms with E-state index in [2.05, 4.69) is 37.8 Å². The summed E-state index contributed by atoms with van der Waals surface area (Å²) in [5, 5.41) is 0. The second kappa shape index (κ2) is 16.2. The molecule has 0 saturated heterocycles. The molecule has 0 atom stereocenters. The molecule has 0 rings (SSSR count). The molecule has 0 aliphatic carbocycles. The number of allylic oxidation sites excluding steroid dienone is 5. The van der Waals surface area contributed by atoms with E-state index in [1.807, 2.05) is 6.08 Å². The highest BCUT2D eigenvalue weighted by Gasteiger charge is 1.86. The van der Waals surface area contributed by atoms with Gasteiger partial charge in [0.25, 0.3) is 0 Å². The lowest BCUT2D eigenvalue weighted by Crippen LogP contribution is -1.76. The van der Waals surface area contributed by atoms with Crippen LogP contribution in [0.1, 0.15) is 77.6 Å². The normalized spacial score (nSPS) is 11.6. The van der Waals surface area contributed by atoms with E-state index in [1.165, 1.54) is 64.2 Å². The Labute approximate surface area is 115 Å². The highest BCUT2D eigenvalue weighted by molar-refractivity contribution is 4.92. The summed E-state index contributed by atoms with van der Waals surface area (Å²) in [6.45, 7) is 6.00. The highest BCUT2D eigenvalue weighted by atomic mass is 13.9. The fraction of sp³-hybridized carbons (Fsp3) is 0.667. The standard InChI is InChI=1S/C18H32/c1-3-5-7-9-11-13-15-17-18-16-14-12-10-8-6-4-2/h3,12,14,17-18H,1,4-11,13,15-16H2,2H3/b14-12-,18-17-. The van der Waals surface area contributed by atoms with Crippen LogP contribution in [0.15, 0.2) is 37.0 Å². The molecule has 0 saturated carbocycles. The summed E-state index contributed by atoms with van der Waals surface area (Å²) in [6.07, 6.45) is 25.5. The summed E-state index contributed by atoms with van der Waals surface area (Å²) in [5.74, 6) is 0. The Morgan fingerprint density at radius 3 is 1.78 bits per heavy atom. The van der Waals surface area contributed by atoms with Gasteiger partial charge in [-0.1, -0.05) is 63.0 Å². The molecule has 0 aromatic carbocycles. The predicted molar refractivity (Wildman–Crippen MR) is 84.9 cm³/mol. The van der Waals surface area contributed by atoms with Gasteiger partial charge >= 0.3 is 0 Å². The molecular formula is C18H32. The molecule has 0 heterocycles. The smallest absolute Gasteiger partial charge is 0.0169 e. The average Bonchev–Trinajstić information content (AvgIpc) is 2.39. The molecule has 0 heteroatoms. The quantitative estimate of drug-likeness (QED) is 0.254. The third kappa shape index (κ3) is 15.2. The van der Waals surface area contributed by atoms with Crippen LogP contribution in [0.2, 0.25) is 0 Å². The van der Waals surface area contributed by atoms with E-state index in [4.69, 9.17) is 0 Å². The van der Waals surface area contributed by atoms with Crippen molar-refractivity contribution >= 4 is 0 Å². The average molecular weight is 248 g/mol. The highest BCUT2D eigenvalue weighted by Crippen LogP contribution is 2.06. The fourth-order valence-electron chi connectivity index (χ4n) is 1.92. The van der Waals surface area contributed by atoms with Gasteiger partial charge in [0.15, 0.2) is 0 Å². The molecule has 104 valence electrons. The number of unbranched alkanes of at least 4 members (excludes halogenated alkanes) is 8. The van der Waals surface area contributed by atoms with Crippen molar-refractivity contribution in [2.24, 2.45) is 0 Å². The molecule has 0 spiro atoms. The molecule has 0 radical (unpaired) electrons. The lowest BCUT2D eigenvalue weighted by Gasteiger charge is -1.96. The van der Waals surface area contributed by atoms with Crippen LogP contribution >= 0.6 is 0 Å². The fourth-order valence-corrected chi connectivity index (χ4v) is 1.92. The monoisotopic (exact) mass is 248 g/mol. The first-order chi connectivity index (χ1) is 8.91. The Hall–Kier alpha value is -0.780. The third-order valence-electron chi connectivity index (χ3n) is 3.11. The van der Waals surface area contributed by atoms with Gasteiger partial charge in [-0.15, -0.1) is 6.58 Å². The van der Waals surface area contributed by atoms with Crippen LogP contribution in [0.3, 0.4) is 0 Å². The van der Waals surface area contributed by atoms with Crippen LogP contribution in [0, 0.1) is 0 Å². The van der Waals surface area contributed by atoms with Crippen molar-refractivity contribution in [3.63, 3.8) is 0 Å². The number of hydrogen-bond donors (Lipinski definition) is 0. The largest absolute Gasteiger partial charge is 0.103 e. The predicted octanol–water partition coefficient (Wildman–Crippen LogP) is 6.60. The molecule has 0 unspecified atom stereocenters. The molecule has 0 N–H and O–H groups in total. The molecule has 0 nitrogen and oxygen atoms in total. The Morgan fingerprint density at radius 2 is 1.22 bits per heavy atom. The first-order valence-corrected chi connectivity index (χ1v) is 7.82. The Balaban J connectivity index is 3.15. The van der Waals surface area contributed by atoms with Crippen molar-refractivity contribution < 1.29 is 0 Å². The molecule has 0 amide bonds. The minimum Gasteiger partial charge on any atom is -0.103 e. The van der Waals surface area contributed by atoms with Crippen molar-refractivity contribution in [1.29, 1.82) is 0 Å². The van der Waals surface area contributed by atoms with E-state index in [1.54, 1.807) is 0 Å². The summed E-state index contributed by atoms with van der Waals surface area (Å²) in [7, 11) is 0. The molecule has 0 aliphatic rings. The van der Waals surface area contributed by atoms with Crippen molar-refractivity contribution in [2.75, 3.05) is 0 Å². The SMILES string of the molecule is C=CCCCCCC/C=C\C/C=C\CCCCC. The minimum atomic E-state index is 1.11. The van der Waals surface area contributed by atoms with E-state index in [0.717, 1.165) is 6.42 Å². The van der Waals surface area contributed by atoms with Crippen molar-refractivity contribution in [3.8, 4) is 0 Å². The summed E-state index contributed by atoms with van der Waals surface area (Å²) < 4.78 is 0. The van der Waals surface area contributed by atoms with Gasteiger partial charge in [0.2, 0.25) is 0 Å². The molecule has 0 bridgehead atoms. The molecule has 0 aliphatic heterocycles. The lowest BCUT2D eigenvalue weighted by atomic mass is 10.1. The molecule has 18 heavy (non-hydrogen) atoms. The number of hydrogen-bond acceptors (Lipinski definition) is 0. The van der Waals surface area contributed by atoms with Crippen molar-refractivity contribution in [2.45, 2.75) is 77.6 Å². The molecule has 0 aromatic rings. The van der Waals surface area contributed by atoms with Crippen molar-refractivity contribution in [1.82, 2.24) is 0 Å². The lowest BCUT2D eigenvalue weighted by molar-refractivity contribution is 0.652. The van der Waals surface area contributed by atoms with Gasteiger partial charge in [0.1, 0.15) is 0 Å². The zero-order valence-electron chi connectivity index (χ0n) is 12.4. The van der Waals surface area contributed by atoms with Gasteiger partial charge in [-0.3, -0.25) is 0 Å². The summed E-state index contributed by atoms with van der Waals surface area (Å²) in [4.78, 5) is 0. The van der Waals surface area contributed by atoms with Crippen LogP contribution in [0.4, 0.5) is 0 Å². The van der Waals surface area contributed by atoms with Gasteiger partial charge in [-0.05, 0) is 44.9 Å². The van der Waals surface area contributed by atoms with E-state index in [9.17, 15) is 0 Å². The van der Waals surface area contributed by atoms with Crippen LogP contribution < -0.4 is 0 Å². The number of rotatable bonds is 13. The molecule has 0 aromatic heterocycles. The first-order valence-electron chi connectivity index (χ1n) is 7.82. The van der Waals surface area contributed by atoms with Crippen LogP contribution in [-0.2, 0) is 0 Å². The molecular weight excluding hydrogens is 216 g/mol. The third-order valence-corrected chi connectivity index (χ3v) is 3.11. The van der Waals surface area contributed by atoms with Gasteiger partial charge in [0.05, 0.1) is 0 Å². The molecule has 0 fully saturated rings. The van der Waals surface area contributed by atoms with Gasteiger partial charge in [-0.25, -0.2) is 0 Å². The van der Waals surface area contributed by atoms with Crippen LogP contribution in [0.25, 0.3) is 0 Å². The maximum absolute atomic E-state index is 3.74. The topological polar surface area (TPSA) is 0 Å². The zero-order valence-corrected chi connectivity index (χ0v) is 12.4. The zero-order chi connectivity index (χ0) is 13.3. The van der Waals surface area contributed by atoms with Gasteiger partial charge in [0, 0.05) is 0 Å². The second-order valence-corrected chi connectivity index (χ2v) is 4.95. The maximum Gasteiger partial charge on any atom is -0.0169 e. The Kier molecular flexibility index (Phi) is 15.5. The van der Waals surface area contributed by atoms with Crippen LogP contribution in [-0.4, -0.2) is 0 Å². The van der Waals surface area contributed by atoms with E-state index < -0.39 is 0 Å². The van der Waals surface area contributed by atoms with E-state index in [0.29, 0.717) is 0 Å². The summed E-state index contributed by atoms with van der Waals surface area (Å²) in [6, 6.07) is 0. The Bertz CT molecular complexity index is 210. The minimum absolute atomic E-state index is 1.11. The second-order valence-electron chi connectivity index (χ2n) is 4.95. The first kappa shape index (κ1) is 17.2. The van der Waals surface area contributed by atoms with Crippen LogP contribution in [0.5, 0.6) is 0 Å². The summed E-state index contributed by atoms with van der Waals surface area (Å²) >= 11 is 0. The summed E-state index contributed by atoms with van der Waals surface area (Å²) in [5.41, 5.74) is 0. The maximum atomic E-state index is 3.74.